The molecule has 4 rings (SSSR count). The lowest BCUT2D eigenvalue weighted by atomic mass is 10.1. The van der Waals surface area contributed by atoms with Gasteiger partial charge < -0.3 is 9.88 Å². The Morgan fingerprint density at radius 1 is 1.16 bits per heavy atom. The topological polar surface area (TPSA) is 90.5 Å². The summed E-state index contributed by atoms with van der Waals surface area (Å²) >= 11 is 0. The van der Waals surface area contributed by atoms with Gasteiger partial charge in [0, 0.05) is 19.0 Å². The lowest BCUT2D eigenvalue weighted by Crippen LogP contribution is -2.41. The number of carbonyl (C=O) groups excluding carboxylic acids is 1. The molecule has 2 aromatic heterocycles. The first-order valence-electron chi connectivity index (χ1n) is 8.29. The van der Waals surface area contributed by atoms with Gasteiger partial charge in [-0.05, 0) is 32.4 Å². The highest BCUT2D eigenvalue weighted by atomic mass is 16.2. The number of fused-ring (bicyclic) bond motifs is 1. The van der Waals surface area contributed by atoms with Gasteiger partial charge in [-0.3, -0.25) is 4.79 Å². The Labute approximate surface area is 144 Å². The zero-order chi connectivity index (χ0) is 17.4. The fraction of sp³-hybridized carbons (Fsp3) is 0.353. The lowest BCUT2D eigenvalue weighted by molar-refractivity contribution is 0.0922. The highest BCUT2D eigenvalue weighted by molar-refractivity contribution is 5.92. The van der Waals surface area contributed by atoms with E-state index in [0.29, 0.717) is 12.2 Å². The third kappa shape index (κ3) is 3.02. The molecule has 3 heterocycles. The summed E-state index contributed by atoms with van der Waals surface area (Å²) in [5.41, 5.74) is 2.36. The standard InChI is InChI=1S/C17H19N7O/c1-11-3-6-14(7-4-11)24-10-15(20-22-24)17(25)18-13-5-8-16-21-19-12(2)23(16)9-13/h3-4,6-7,10,13H,5,8-9H2,1-2H3,(H,18,25)/t13-/m0/s1. The van der Waals surface area contributed by atoms with Crippen LogP contribution in [0.4, 0.5) is 0 Å². The monoisotopic (exact) mass is 337 g/mol. The number of nitrogens with zero attached hydrogens (tertiary/aromatic N) is 6. The van der Waals surface area contributed by atoms with Crippen LogP contribution in [-0.2, 0) is 13.0 Å². The van der Waals surface area contributed by atoms with E-state index in [1.807, 2.05) is 38.1 Å². The van der Waals surface area contributed by atoms with Gasteiger partial charge in [0.2, 0.25) is 0 Å². The number of nitrogens with one attached hydrogen (secondary N) is 1. The van der Waals surface area contributed by atoms with Crippen LogP contribution in [0, 0.1) is 13.8 Å². The van der Waals surface area contributed by atoms with Crippen LogP contribution in [0.1, 0.15) is 34.1 Å². The second kappa shape index (κ2) is 6.12. The van der Waals surface area contributed by atoms with Crippen molar-refractivity contribution < 1.29 is 4.79 Å². The molecule has 1 amide bonds. The molecule has 1 N–H and O–H groups in total. The van der Waals surface area contributed by atoms with Crippen LogP contribution in [0.2, 0.25) is 0 Å². The molecule has 1 aromatic carbocycles. The largest absolute Gasteiger partial charge is 0.346 e. The molecule has 0 unspecified atom stereocenters. The molecule has 25 heavy (non-hydrogen) atoms. The average Bonchev–Trinajstić information content (AvgIpc) is 3.24. The summed E-state index contributed by atoms with van der Waals surface area (Å²) in [7, 11) is 0. The van der Waals surface area contributed by atoms with Gasteiger partial charge in [0.15, 0.2) is 5.69 Å². The molecule has 0 saturated heterocycles. The fourth-order valence-electron chi connectivity index (χ4n) is 3.03. The van der Waals surface area contributed by atoms with Crippen LogP contribution < -0.4 is 5.32 Å². The number of hydrogen-bond donors (Lipinski definition) is 1. The van der Waals surface area contributed by atoms with E-state index in [1.54, 1.807) is 10.9 Å². The van der Waals surface area contributed by atoms with Crippen molar-refractivity contribution in [3.63, 3.8) is 0 Å². The van der Waals surface area contributed by atoms with Crippen molar-refractivity contribution in [1.29, 1.82) is 0 Å². The summed E-state index contributed by atoms with van der Waals surface area (Å²) in [5.74, 6) is 1.64. The molecule has 3 aromatic rings. The Hall–Kier alpha value is -3.03. The van der Waals surface area contributed by atoms with Gasteiger partial charge in [0.1, 0.15) is 11.6 Å². The van der Waals surface area contributed by atoms with Gasteiger partial charge in [0.05, 0.1) is 11.9 Å². The van der Waals surface area contributed by atoms with Crippen LogP contribution in [0.5, 0.6) is 0 Å². The Balaban J connectivity index is 1.45. The highest BCUT2D eigenvalue weighted by Gasteiger charge is 2.24. The summed E-state index contributed by atoms with van der Waals surface area (Å²) in [6, 6.07) is 7.93. The number of hydrogen-bond acceptors (Lipinski definition) is 5. The number of amides is 1. The van der Waals surface area contributed by atoms with Crippen molar-refractivity contribution in [2.75, 3.05) is 0 Å². The Morgan fingerprint density at radius 2 is 1.96 bits per heavy atom. The predicted molar refractivity (Wildman–Crippen MR) is 90.4 cm³/mol. The molecule has 0 saturated carbocycles. The highest BCUT2D eigenvalue weighted by Crippen LogP contribution is 2.15. The van der Waals surface area contributed by atoms with Crippen LogP contribution in [0.25, 0.3) is 5.69 Å². The molecule has 0 spiro atoms. The summed E-state index contributed by atoms with van der Waals surface area (Å²) in [6.07, 6.45) is 3.30. The van der Waals surface area contributed by atoms with Gasteiger partial charge in [0.25, 0.3) is 5.91 Å². The van der Waals surface area contributed by atoms with E-state index < -0.39 is 0 Å². The van der Waals surface area contributed by atoms with Crippen LogP contribution in [-0.4, -0.2) is 41.7 Å². The maximum Gasteiger partial charge on any atom is 0.273 e. The number of benzene rings is 1. The maximum absolute atomic E-state index is 12.5. The SMILES string of the molecule is Cc1ccc(-n2cc(C(=O)N[C@H]3CCc4nnc(C)n4C3)nn2)cc1. The smallest absolute Gasteiger partial charge is 0.273 e. The summed E-state index contributed by atoms with van der Waals surface area (Å²) in [5, 5.41) is 19.3. The van der Waals surface area contributed by atoms with Gasteiger partial charge >= 0.3 is 0 Å². The molecule has 128 valence electrons. The third-order valence-corrected chi connectivity index (χ3v) is 4.49. The predicted octanol–water partition coefficient (Wildman–Crippen LogP) is 1.22. The molecule has 0 fully saturated rings. The van der Waals surface area contributed by atoms with E-state index in [4.69, 9.17) is 0 Å². The van der Waals surface area contributed by atoms with Crippen molar-refractivity contribution in [3.05, 3.63) is 53.4 Å². The number of rotatable bonds is 3. The average molecular weight is 337 g/mol. The first kappa shape index (κ1) is 15.5. The van der Waals surface area contributed by atoms with E-state index in [2.05, 4.69) is 30.4 Å². The van der Waals surface area contributed by atoms with E-state index in [1.165, 1.54) is 5.56 Å². The maximum atomic E-state index is 12.5. The van der Waals surface area contributed by atoms with E-state index in [0.717, 1.165) is 30.2 Å². The summed E-state index contributed by atoms with van der Waals surface area (Å²) < 4.78 is 3.66. The van der Waals surface area contributed by atoms with Crippen molar-refractivity contribution in [1.82, 2.24) is 35.1 Å². The van der Waals surface area contributed by atoms with Gasteiger partial charge in [-0.1, -0.05) is 22.9 Å². The van der Waals surface area contributed by atoms with Crippen molar-refractivity contribution >= 4 is 5.91 Å². The zero-order valence-electron chi connectivity index (χ0n) is 14.2. The summed E-state index contributed by atoms with van der Waals surface area (Å²) in [4.78, 5) is 12.5. The molecular formula is C17H19N7O. The Morgan fingerprint density at radius 3 is 2.76 bits per heavy atom. The first-order valence-corrected chi connectivity index (χ1v) is 8.29. The van der Waals surface area contributed by atoms with E-state index >= 15 is 0 Å². The fourth-order valence-corrected chi connectivity index (χ4v) is 3.03. The Kier molecular flexibility index (Phi) is 3.79. The number of aromatic nitrogens is 6. The second-order valence-electron chi connectivity index (χ2n) is 6.37. The number of aryl methyl sites for hydroxylation is 3. The summed E-state index contributed by atoms with van der Waals surface area (Å²) in [6.45, 7) is 4.64. The van der Waals surface area contributed by atoms with Crippen molar-refractivity contribution in [3.8, 4) is 5.69 Å². The van der Waals surface area contributed by atoms with Crippen molar-refractivity contribution in [2.24, 2.45) is 0 Å². The van der Waals surface area contributed by atoms with Gasteiger partial charge in [-0.25, -0.2) is 4.68 Å². The zero-order valence-corrected chi connectivity index (χ0v) is 14.2. The van der Waals surface area contributed by atoms with E-state index in [-0.39, 0.29) is 11.9 Å². The second-order valence-corrected chi connectivity index (χ2v) is 6.37. The minimum atomic E-state index is -0.211. The molecule has 1 aliphatic rings. The molecule has 0 aliphatic carbocycles. The normalized spacial score (nSPS) is 16.5. The van der Waals surface area contributed by atoms with Crippen LogP contribution >= 0.6 is 0 Å². The van der Waals surface area contributed by atoms with E-state index in [9.17, 15) is 4.79 Å². The number of carbonyl (C=O) groups is 1. The molecule has 1 aliphatic heterocycles. The molecule has 8 nitrogen and oxygen atoms in total. The van der Waals surface area contributed by atoms with Gasteiger partial charge in [-0.2, -0.15) is 0 Å². The minimum Gasteiger partial charge on any atom is -0.346 e. The molecule has 0 bridgehead atoms. The molecular weight excluding hydrogens is 318 g/mol. The van der Waals surface area contributed by atoms with Crippen LogP contribution in [0.15, 0.2) is 30.5 Å². The molecule has 1 atom stereocenters. The molecule has 0 radical (unpaired) electrons. The first-order chi connectivity index (χ1) is 12.1. The van der Waals surface area contributed by atoms with Crippen LogP contribution in [0.3, 0.4) is 0 Å². The third-order valence-electron chi connectivity index (χ3n) is 4.49. The van der Waals surface area contributed by atoms with Crippen molar-refractivity contribution in [2.45, 2.75) is 39.3 Å². The molecule has 8 heteroatoms. The quantitative estimate of drug-likeness (QED) is 0.776. The Bertz CT molecular complexity index is 909. The lowest BCUT2D eigenvalue weighted by Gasteiger charge is -2.24. The minimum absolute atomic E-state index is 0.0409. The van der Waals surface area contributed by atoms with Gasteiger partial charge in [-0.15, -0.1) is 15.3 Å².